The number of methoxy groups -OCH3 is 6. The Labute approximate surface area is 359 Å². The molecule has 0 radical (unpaired) electrons. The van der Waals surface area contributed by atoms with Crippen LogP contribution in [0.2, 0.25) is 0 Å². The molecule has 316 valence electrons. The van der Waals surface area contributed by atoms with Gasteiger partial charge < -0.3 is 49.0 Å². The van der Waals surface area contributed by atoms with E-state index in [1.807, 2.05) is 97.3 Å². The smallest absolute Gasteiger partial charge is 0.212 e. The Bertz CT molecular complexity index is 2550. The number of nitrogens with zero attached hydrogens (tertiary/aromatic N) is 2. The van der Waals surface area contributed by atoms with E-state index in [9.17, 15) is 0 Å². The van der Waals surface area contributed by atoms with Crippen LogP contribution in [0.5, 0.6) is 34.8 Å². The molecule has 4 unspecified atom stereocenters. The number of hydrogen-bond donors (Lipinski definition) is 4. The standard InChI is InChI=1S/C49H48N6O7/c1-57-33-19-31(20-34(23-33)58-2)54-47(29-15-17-43(61-5)52-25-29)45(39-27-50-41-13-9-7-11-37(39)41)49(56)46(40-28-51-42-14-10-8-12-38(40)42)48(30-16-18-44(62-6)53-26-30)55-32-21-35(59-3)24-36(22-32)60-4/h7-28,45-48,50-51,54-55H,1-6H3. The molecule has 4 heterocycles. The van der Waals surface area contributed by atoms with E-state index in [2.05, 4.69) is 30.6 Å². The van der Waals surface area contributed by atoms with Crippen LogP contribution >= 0.6 is 0 Å². The highest BCUT2D eigenvalue weighted by Crippen LogP contribution is 2.47. The van der Waals surface area contributed by atoms with Crippen molar-refractivity contribution >= 4 is 39.0 Å². The predicted molar refractivity (Wildman–Crippen MR) is 240 cm³/mol. The van der Waals surface area contributed by atoms with Crippen LogP contribution < -0.4 is 39.1 Å². The third-order valence-corrected chi connectivity index (χ3v) is 11.2. The molecule has 8 rings (SSSR count). The number of carbonyl (C=O) groups is 1. The number of aromatic amines is 2. The van der Waals surface area contributed by atoms with Crippen molar-refractivity contribution in [3.05, 3.63) is 156 Å². The van der Waals surface area contributed by atoms with E-state index in [0.29, 0.717) is 46.1 Å². The van der Waals surface area contributed by atoms with E-state index >= 15 is 4.79 Å². The Morgan fingerprint density at radius 2 is 0.887 bits per heavy atom. The number of anilines is 2. The lowest BCUT2D eigenvalue weighted by atomic mass is 9.74. The molecule has 0 fully saturated rings. The fourth-order valence-electron chi connectivity index (χ4n) is 8.14. The third kappa shape index (κ3) is 8.37. The summed E-state index contributed by atoms with van der Waals surface area (Å²) >= 11 is 0. The molecule has 4 N–H and O–H groups in total. The van der Waals surface area contributed by atoms with Gasteiger partial charge >= 0.3 is 0 Å². The Morgan fingerprint density at radius 3 is 1.23 bits per heavy atom. The van der Waals surface area contributed by atoms with Crippen molar-refractivity contribution in [2.24, 2.45) is 0 Å². The molecular weight excluding hydrogens is 785 g/mol. The number of hydrogen-bond acceptors (Lipinski definition) is 11. The number of aromatic nitrogens is 4. The van der Waals surface area contributed by atoms with E-state index in [0.717, 1.165) is 44.1 Å². The number of rotatable bonds is 18. The van der Waals surface area contributed by atoms with E-state index in [4.69, 9.17) is 28.4 Å². The molecule has 13 nitrogen and oxygen atoms in total. The summed E-state index contributed by atoms with van der Waals surface area (Å²) in [6, 6.07) is 33.1. The molecule has 0 bridgehead atoms. The van der Waals surface area contributed by atoms with E-state index in [-0.39, 0.29) is 5.78 Å². The Balaban J connectivity index is 1.40. The summed E-state index contributed by atoms with van der Waals surface area (Å²) < 4.78 is 33.8. The molecule has 0 spiro atoms. The molecule has 0 aliphatic rings. The molecule has 13 heteroatoms. The van der Waals surface area contributed by atoms with Crippen molar-refractivity contribution in [2.45, 2.75) is 23.9 Å². The molecule has 4 atom stereocenters. The summed E-state index contributed by atoms with van der Waals surface area (Å²) in [5, 5.41) is 9.32. The monoisotopic (exact) mass is 832 g/mol. The number of benzene rings is 4. The summed E-state index contributed by atoms with van der Waals surface area (Å²) in [4.78, 5) is 33.0. The summed E-state index contributed by atoms with van der Waals surface area (Å²) in [5.74, 6) is 1.35. The van der Waals surface area contributed by atoms with E-state index in [1.165, 1.54) is 0 Å². The maximum absolute atomic E-state index is 16.8. The lowest BCUT2D eigenvalue weighted by Gasteiger charge is -2.35. The number of ether oxygens (including phenoxy) is 6. The first-order valence-electron chi connectivity index (χ1n) is 20.0. The lowest BCUT2D eigenvalue weighted by Crippen LogP contribution is -2.34. The van der Waals surface area contributed by atoms with Crippen molar-refractivity contribution in [2.75, 3.05) is 53.3 Å². The summed E-state index contributed by atoms with van der Waals surface area (Å²) in [5.41, 5.74) is 6.15. The average Bonchev–Trinajstić information content (AvgIpc) is 3.95. The number of pyridine rings is 2. The Hall–Kier alpha value is -7.67. The third-order valence-electron chi connectivity index (χ3n) is 11.2. The first-order valence-corrected chi connectivity index (χ1v) is 20.0. The van der Waals surface area contributed by atoms with Gasteiger partial charge in [0.05, 0.1) is 66.6 Å². The van der Waals surface area contributed by atoms with Gasteiger partial charge in [0, 0.05) is 106 Å². The zero-order valence-electron chi connectivity index (χ0n) is 35.3. The first-order chi connectivity index (χ1) is 30.3. The van der Waals surface area contributed by atoms with Crippen LogP contribution in [0.1, 0.15) is 46.2 Å². The Kier molecular flexibility index (Phi) is 12.1. The fourth-order valence-corrected chi connectivity index (χ4v) is 8.14. The number of fused-ring (bicyclic) bond motifs is 2. The molecule has 0 saturated carbocycles. The summed E-state index contributed by atoms with van der Waals surface area (Å²) in [6.07, 6.45) is 7.36. The highest BCUT2D eigenvalue weighted by molar-refractivity contribution is 6.01. The minimum atomic E-state index is -0.868. The van der Waals surface area contributed by atoms with Gasteiger partial charge in [0.1, 0.15) is 23.0 Å². The van der Waals surface area contributed by atoms with Gasteiger partial charge in [0.15, 0.2) is 5.78 Å². The second-order valence-electron chi connectivity index (χ2n) is 14.7. The van der Waals surface area contributed by atoms with Gasteiger partial charge in [-0.3, -0.25) is 4.79 Å². The van der Waals surface area contributed by atoms with Gasteiger partial charge in [-0.25, -0.2) is 9.97 Å². The Morgan fingerprint density at radius 1 is 0.500 bits per heavy atom. The predicted octanol–water partition coefficient (Wildman–Crippen LogP) is 9.63. The number of para-hydroxylation sites is 2. The number of ketones is 1. The van der Waals surface area contributed by atoms with Crippen LogP contribution in [0.4, 0.5) is 11.4 Å². The van der Waals surface area contributed by atoms with Crippen LogP contribution in [0.25, 0.3) is 21.8 Å². The average molecular weight is 833 g/mol. The normalized spacial score (nSPS) is 13.1. The highest BCUT2D eigenvalue weighted by Gasteiger charge is 2.43. The molecule has 0 saturated heterocycles. The van der Waals surface area contributed by atoms with E-state index < -0.39 is 23.9 Å². The highest BCUT2D eigenvalue weighted by atomic mass is 16.5. The number of H-pyrrole nitrogens is 2. The zero-order valence-corrected chi connectivity index (χ0v) is 35.3. The van der Waals surface area contributed by atoms with Crippen molar-refractivity contribution in [1.82, 2.24) is 19.9 Å². The van der Waals surface area contributed by atoms with Crippen LogP contribution in [-0.4, -0.2) is 68.4 Å². The molecule has 0 aliphatic heterocycles. The van der Waals surface area contributed by atoms with Gasteiger partial charge in [-0.15, -0.1) is 0 Å². The van der Waals surface area contributed by atoms with Crippen molar-refractivity contribution in [1.29, 1.82) is 0 Å². The van der Waals surface area contributed by atoms with Gasteiger partial charge in [0.2, 0.25) is 11.8 Å². The topological polar surface area (TPSA) is 154 Å². The van der Waals surface area contributed by atoms with Gasteiger partial charge in [-0.2, -0.15) is 0 Å². The minimum absolute atomic E-state index is 0.106. The van der Waals surface area contributed by atoms with Crippen molar-refractivity contribution < 1.29 is 33.2 Å². The molecule has 4 aromatic heterocycles. The lowest BCUT2D eigenvalue weighted by molar-refractivity contribution is -0.122. The SMILES string of the molecule is COc1cc(NC(c2ccc(OC)nc2)C(C(=O)C(c2c[nH]c3ccccc23)C(Nc2cc(OC)cc(OC)c2)c2ccc(OC)nc2)c2c[nH]c3ccccc23)cc(OC)c1. The molecule has 0 amide bonds. The second kappa shape index (κ2) is 18.3. The van der Waals surface area contributed by atoms with Crippen LogP contribution in [0, 0.1) is 0 Å². The first kappa shape index (κ1) is 41.1. The molecule has 8 aromatic rings. The van der Waals surface area contributed by atoms with Crippen molar-refractivity contribution in [3.63, 3.8) is 0 Å². The molecule has 62 heavy (non-hydrogen) atoms. The van der Waals surface area contributed by atoms with Crippen LogP contribution in [0.3, 0.4) is 0 Å². The number of nitrogens with one attached hydrogen (secondary N) is 4. The zero-order chi connectivity index (χ0) is 43.2. The molecule has 0 aliphatic carbocycles. The summed E-state index contributed by atoms with van der Waals surface area (Å²) in [6.45, 7) is 0. The van der Waals surface area contributed by atoms with Crippen molar-refractivity contribution in [3.8, 4) is 34.8 Å². The molecule has 4 aromatic carbocycles. The molecular formula is C49H48N6O7. The quantitative estimate of drug-likeness (QED) is 0.0654. The summed E-state index contributed by atoms with van der Waals surface area (Å²) in [7, 11) is 9.56. The van der Waals surface area contributed by atoms with Gasteiger partial charge in [0.25, 0.3) is 0 Å². The van der Waals surface area contributed by atoms with Crippen LogP contribution in [-0.2, 0) is 4.79 Å². The second-order valence-corrected chi connectivity index (χ2v) is 14.7. The number of carbonyl (C=O) groups excluding carboxylic acids is 1. The fraction of sp³-hybridized carbons (Fsp3) is 0.204. The minimum Gasteiger partial charge on any atom is -0.497 e. The number of Topliss-reactive ketones (excluding diaryl/α,β-unsaturated/α-hetero) is 1. The largest absolute Gasteiger partial charge is 0.497 e. The van der Waals surface area contributed by atoms with Crippen LogP contribution in [0.15, 0.2) is 134 Å². The van der Waals surface area contributed by atoms with Gasteiger partial charge in [-0.05, 0) is 34.4 Å². The maximum atomic E-state index is 16.8. The maximum Gasteiger partial charge on any atom is 0.212 e. The van der Waals surface area contributed by atoms with E-state index in [1.54, 1.807) is 79.3 Å². The van der Waals surface area contributed by atoms with Gasteiger partial charge in [-0.1, -0.05) is 48.5 Å².